The maximum atomic E-state index is 12.3. The Labute approximate surface area is 133 Å². The van der Waals surface area contributed by atoms with Crippen LogP contribution in [0, 0.1) is 10.1 Å². The summed E-state index contributed by atoms with van der Waals surface area (Å²) in [6, 6.07) is 3.90. The second-order valence-corrected chi connectivity index (χ2v) is 5.93. The van der Waals surface area contributed by atoms with Crippen LogP contribution in [0.15, 0.2) is 18.2 Å². The lowest BCUT2D eigenvalue weighted by Crippen LogP contribution is -2.42. The van der Waals surface area contributed by atoms with Crippen LogP contribution in [0.1, 0.15) is 42.9 Å². The fourth-order valence-electron chi connectivity index (χ4n) is 3.62. The van der Waals surface area contributed by atoms with E-state index in [2.05, 4.69) is 0 Å². The molecule has 1 heterocycles. The molecule has 1 aromatic rings. The summed E-state index contributed by atoms with van der Waals surface area (Å²) in [4.78, 5) is 36.5. The third kappa shape index (κ3) is 2.67. The minimum Gasteiger partial charge on any atom is -0.467 e. The van der Waals surface area contributed by atoms with Crippen LogP contribution >= 0.6 is 0 Å². The standard InChI is InChI=1S/C16H18N2O5/c1-23-16(20)14-7-8-15(19)17(14)13-4-2-3-10-5-6-11(18(21)22)9-12(10)13/h5-6,9,13-14H,2-4,7-8H2,1H3. The van der Waals surface area contributed by atoms with Gasteiger partial charge in [-0.15, -0.1) is 0 Å². The van der Waals surface area contributed by atoms with Gasteiger partial charge in [-0.3, -0.25) is 14.9 Å². The number of carbonyl (C=O) groups is 2. The van der Waals surface area contributed by atoms with Crippen molar-refractivity contribution in [3.05, 3.63) is 39.4 Å². The third-order valence-electron chi connectivity index (χ3n) is 4.69. The number of carbonyl (C=O) groups excluding carboxylic acids is 2. The second-order valence-electron chi connectivity index (χ2n) is 5.93. The van der Waals surface area contributed by atoms with Crippen molar-refractivity contribution >= 4 is 17.6 Å². The van der Waals surface area contributed by atoms with Gasteiger partial charge in [0.2, 0.25) is 5.91 Å². The van der Waals surface area contributed by atoms with Crippen molar-refractivity contribution < 1.29 is 19.2 Å². The molecule has 2 atom stereocenters. The van der Waals surface area contributed by atoms with E-state index in [4.69, 9.17) is 4.74 Å². The first-order valence-corrected chi connectivity index (χ1v) is 7.69. The lowest BCUT2D eigenvalue weighted by atomic mass is 9.86. The number of benzene rings is 1. The molecule has 0 radical (unpaired) electrons. The fraction of sp³-hybridized carbons (Fsp3) is 0.500. The van der Waals surface area contributed by atoms with Crippen LogP contribution in [0.4, 0.5) is 5.69 Å². The molecule has 0 bridgehead atoms. The van der Waals surface area contributed by atoms with E-state index < -0.39 is 16.9 Å². The van der Waals surface area contributed by atoms with Gasteiger partial charge in [-0.2, -0.15) is 0 Å². The molecule has 0 N–H and O–H groups in total. The maximum Gasteiger partial charge on any atom is 0.328 e. The average molecular weight is 318 g/mol. The van der Waals surface area contributed by atoms with Crippen molar-refractivity contribution in [2.75, 3.05) is 7.11 Å². The number of hydrogen-bond donors (Lipinski definition) is 0. The quantitative estimate of drug-likeness (QED) is 0.484. The molecule has 1 aliphatic heterocycles. The summed E-state index contributed by atoms with van der Waals surface area (Å²) < 4.78 is 4.81. The van der Waals surface area contributed by atoms with Crippen LogP contribution < -0.4 is 0 Å². The molecular weight excluding hydrogens is 300 g/mol. The third-order valence-corrected chi connectivity index (χ3v) is 4.69. The molecule has 1 amide bonds. The van der Waals surface area contributed by atoms with Gasteiger partial charge in [-0.1, -0.05) is 6.07 Å². The molecule has 1 fully saturated rings. The van der Waals surface area contributed by atoms with Crippen LogP contribution in [0.5, 0.6) is 0 Å². The summed E-state index contributed by atoms with van der Waals surface area (Å²) in [5, 5.41) is 11.0. The Hall–Kier alpha value is -2.44. The van der Waals surface area contributed by atoms with Crippen molar-refractivity contribution in [3.63, 3.8) is 0 Å². The topological polar surface area (TPSA) is 89.8 Å². The van der Waals surface area contributed by atoms with Gasteiger partial charge < -0.3 is 9.64 Å². The van der Waals surface area contributed by atoms with Crippen LogP contribution in [0.2, 0.25) is 0 Å². The van der Waals surface area contributed by atoms with Crippen LogP contribution in [-0.2, 0) is 20.7 Å². The first-order chi connectivity index (χ1) is 11.0. The van der Waals surface area contributed by atoms with Gasteiger partial charge in [0, 0.05) is 18.6 Å². The Morgan fingerprint density at radius 3 is 2.83 bits per heavy atom. The van der Waals surface area contributed by atoms with E-state index in [0.29, 0.717) is 19.3 Å². The largest absolute Gasteiger partial charge is 0.467 e. The monoisotopic (exact) mass is 318 g/mol. The van der Waals surface area contributed by atoms with Crippen LogP contribution in [-0.4, -0.2) is 34.9 Å². The normalized spacial score (nSPS) is 23.5. The SMILES string of the molecule is COC(=O)C1CCC(=O)N1C1CCCc2ccc([N+](=O)[O-])cc21. The Morgan fingerprint density at radius 2 is 2.13 bits per heavy atom. The zero-order valence-electron chi connectivity index (χ0n) is 12.9. The summed E-state index contributed by atoms with van der Waals surface area (Å²) >= 11 is 0. The van der Waals surface area contributed by atoms with Gasteiger partial charge in [0.15, 0.2) is 0 Å². The molecule has 0 spiro atoms. The van der Waals surface area contributed by atoms with Crippen LogP contribution in [0.3, 0.4) is 0 Å². The molecule has 23 heavy (non-hydrogen) atoms. The minimum absolute atomic E-state index is 0.0110. The molecule has 7 heteroatoms. The molecule has 0 aromatic heterocycles. The lowest BCUT2D eigenvalue weighted by Gasteiger charge is -2.36. The van der Waals surface area contributed by atoms with E-state index in [1.807, 2.05) is 0 Å². The molecule has 2 aliphatic rings. The zero-order valence-corrected chi connectivity index (χ0v) is 12.9. The number of rotatable bonds is 3. The number of likely N-dealkylation sites (tertiary alicyclic amines) is 1. The molecule has 1 aliphatic carbocycles. The number of hydrogen-bond acceptors (Lipinski definition) is 5. The second kappa shape index (κ2) is 5.98. The molecule has 7 nitrogen and oxygen atoms in total. The van der Waals surface area contributed by atoms with Crippen LogP contribution in [0.25, 0.3) is 0 Å². The first kappa shape index (κ1) is 15.5. The van der Waals surface area contributed by atoms with Gasteiger partial charge in [-0.05, 0) is 36.8 Å². The highest BCUT2D eigenvalue weighted by Gasteiger charge is 2.42. The smallest absolute Gasteiger partial charge is 0.328 e. The fourth-order valence-corrected chi connectivity index (χ4v) is 3.62. The number of nitrogens with zero attached hydrogens (tertiary/aromatic N) is 2. The van der Waals surface area contributed by atoms with E-state index in [-0.39, 0.29) is 17.6 Å². The Kier molecular flexibility index (Phi) is 4.02. The number of amides is 1. The number of nitro groups is 1. The van der Waals surface area contributed by atoms with Gasteiger partial charge in [0.05, 0.1) is 18.1 Å². The number of nitro benzene ring substituents is 1. The molecule has 122 valence electrons. The van der Waals surface area contributed by atoms with Crippen molar-refractivity contribution in [2.45, 2.75) is 44.2 Å². The molecule has 0 saturated carbocycles. The number of aryl methyl sites for hydroxylation is 1. The zero-order chi connectivity index (χ0) is 16.6. The lowest BCUT2D eigenvalue weighted by molar-refractivity contribution is -0.385. The van der Waals surface area contributed by atoms with Gasteiger partial charge in [0.25, 0.3) is 5.69 Å². The minimum atomic E-state index is -0.595. The highest BCUT2D eigenvalue weighted by molar-refractivity contribution is 5.88. The van der Waals surface area contributed by atoms with E-state index in [1.165, 1.54) is 13.2 Å². The highest BCUT2D eigenvalue weighted by Crippen LogP contribution is 2.40. The van der Waals surface area contributed by atoms with Crippen molar-refractivity contribution in [1.29, 1.82) is 0 Å². The number of non-ortho nitro benzene ring substituents is 1. The van der Waals surface area contributed by atoms with Crippen molar-refractivity contribution in [3.8, 4) is 0 Å². The molecule has 1 saturated heterocycles. The predicted molar refractivity (Wildman–Crippen MR) is 80.7 cm³/mol. The van der Waals surface area contributed by atoms with Gasteiger partial charge in [-0.25, -0.2) is 4.79 Å². The van der Waals surface area contributed by atoms with Gasteiger partial charge in [0.1, 0.15) is 6.04 Å². The molecule has 2 unspecified atom stereocenters. The van der Waals surface area contributed by atoms with E-state index in [1.54, 1.807) is 17.0 Å². The first-order valence-electron chi connectivity index (χ1n) is 7.69. The summed E-state index contributed by atoms with van der Waals surface area (Å²) in [7, 11) is 1.31. The average Bonchev–Trinajstić information content (AvgIpc) is 2.94. The molecule has 1 aromatic carbocycles. The van der Waals surface area contributed by atoms with Crippen molar-refractivity contribution in [1.82, 2.24) is 4.90 Å². The van der Waals surface area contributed by atoms with E-state index in [9.17, 15) is 19.7 Å². The Bertz CT molecular complexity index is 672. The number of methoxy groups -OCH3 is 1. The van der Waals surface area contributed by atoms with E-state index >= 15 is 0 Å². The molecular formula is C16H18N2O5. The Morgan fingerprint density at radius 1 is 1.35 bits per heavy atom. The summed E-state index contributed by atoms with van der Waals surface area (Å²) in [6.45, 7) is 0. The number of fused-ring (bicyclic) bond motifs is 1. The number of ether oxygens (including phenoxy) is 1. The summed E-state index contributed by atoms with van der Waals surface area (Å²) in [6.07, 6.45) is 3.15. The predicted octanol–water partition coefficient (Wildman–Crippen LogP) is 2.14. The van der Waals surface area contributed by atoms with Gasteiger partial charge >= 0.3 is 5.97 Å². The Balaban J connectivity index is 2.01. The maximum absolute atomic E-state index is 12.3. The highest BCUT2D eigenvalue weighted by atomic mass is 16.6. The van der Waals surface area contributed by atoms with E-state index in [0.717, 1.165) is 24.0 Å². The summed E-state index contributed by atoms with van der Waals surface area (Å²) in [5.74, 6) is -0.516. The number of esters is 1. The van der Waals surface area contributed by atoms with Crippen molar-refractivity contribution in [2.24, 2.45) is 0 Å². The summed E-state index contributed by atoms with van der Waals surface area (Å²) in [5.41, 5.74) is 1.81. The molecule has 3 rings (SSSR count).